The largest absolute Gasteiger partial charge is 0.496 e. The second kappa shape index (κ2) is 11.1. The average molecular weight is 458 g/mol. The Labute approximate surface area is 193 Å². The number of nitrogens with zero attached hydrogens (tertiary/aromatic N) is 1. The summed E-state index contributed by atoms with van der Waals surface area (Å²) in [6.45, 7) is 5.65. The van der Waals surface area contributed by atoms with Crippen LogP contribution in [-0.4, -0.2) is 55.4 Å². The van der Waals surface area contributed by atoms with Gasteiger partial charge in [-0.3, -0.25) is 14.4 Å². The summed E-state index contributed by atoms with van der Waals surface area (Å²) in [5, 5.41) is 7.74. The van der Waals surface area contributed by atoms with Gasteiger partial charge < -0.3 is 20.3 Å². The number of methoxy groups -OCH3 is 1. The standard InChI is InChI=1S/C24H31N3O4S/c1-16(2)15-25-23(29)21(26-22(28)20-9-6-14-32-20)17-10-12-27(13-11-17)24(30)18-7-4-5-8-19(18)31-3/h4-9,14,16-17,21H,10-13,15H2,1-3H3,(H,25,29)(H,26,28)/t21-/m1/s1. The summed E-state index contributed by atoms with van der Waals surface area (Å²) >= 11 is 1.35. The molecule has 2 aromatic rings. The van der Waals surface area contributed by atoms with Crippen molar-refractivity contribution in [1.82, 2.24) is 15.5 Å². The second-order valence-corrected chi connectivity index (χ2v) is 9.35. The number of likely N-dealkylation sites (tertiary alicyclic amines) is 1. The molecule has 1 atom stereocenters. The van der Waals surface area contributed by atoms with Crippen molar-refractivity contribution < 1.29 is 19.1 Å². The summed E-state index contributed by atoms with van der Waals surface area (Å²) in [6.07, 6.45) is 1.26. The molecule has 2 N–H and O–H groups in total. The highest BCUT2D eigenvalue weighted by Gasteiger charge is 2.34. The van der Waals surface area contributed by atoms with Crippen molar-refractivity contribution in [3.63, 3.8) is 0 Å². The predicted octanol–water partition coefficient (Wildman–Crippen LogP) is 3.18. The molecular weight excluding hydrogens is 426 g/mol. The first-order valence-electron chi connectivity index (χ1n) is 10.9. The second-order valence-electron chi connectivity index (χ2n) is 8.40. The van der Waals surface area contributed by atoms with E-state index in [9.17, 15) is 14.4 Å². The van der Waals surface area contributed by atoms with Crippen LogP contribution >= 0.6 is 11.3 Å². The molecule has 0 unspecified atom stereocenters. The Morgan fingerprint density at radius 3 is 2.47 bits per heavy atom. The first-order chi connectivity index (χ1) is 15.4. The summed E-state index contributed by atoms with van der Waals surface area (Å²) in [5.41, 5.74) is 0.533. The minimum absolute atomic E-state index is 0.0483. The fourth-order valence-electron chi connectivity index (χ4n) is 3.86. The number of carbonyl (C=O) groups excluding carboxylic acids is 3. The van der Waals surface area contributed by atoms with Crippen molar-refractivity contribution in [2.45, 2.75) is 32.7 Å². The summed E-state index contributed by atoms with van der Waals surface area (Å²) in [7, 11) is 1.55. The molecule has 0 bridgehead atoms. The fraction of sp³-hybridized carbons (Fsp3) is 0.458. The van der Waals surface area contributed by atoms with Gasteiger partial charge in [0.25, 0.3) is 11.8 Å². The Bertz CT molecular complexity index is 921. The van der Waals surface area contributed by atoms with Gasteiger partial charge in [-0.1, -0.05) is 32.0 Å². The number of piperidine rings is 1. The molecule has 0 aliphatic carbocycles. The molecule has 8 heteroatoms. The Morgan fingerprint density at radius 1 is 1.12 bits per heavy atom. The number of rotatable bonds is 8. The average Bonchev–Trinajstić information content (AvgIpc) is 3.35. The van der Waals surface area contributed by atoms with Crippen LogP contribution < -0.4 is 15.4 Å². The van der Waals surface area contributed by atoms with Crippen molar-refractivity contribution in [3.05, 3.63) is 52.2 Å². The van der Waals surface area contributed by atoms with Gasteiger partial charge in [-0.15, -0.1) is 11.3 Å². The van der Waals surface area contributed by atoms with Gasteiger partial charge in [-0.05, 0) is 48.3 Å². The number of thiophene rings is 1. The third-order valence-electron chi connectivity index (χ3n) is 5.63. The monoisotopic (exact) mass is 457 g/mol. The smallest absolute Gasteiger partial charge is 0.262 e. The molecule has 0 radical (unpaired) electrons. The van der Waals surface area contributed by atoms with Gasteiger partial charge in [0.1, 0.15) is 11.8 Å². The zero-order valence-electron chi connectivity index (χ0n) is 18.8. The molecule has 3 rings (SSSR count). The lowest BCUT2D eigenvalue weighted by molar-refractivity contribution is -0.124. The van der Waals surface area contributed by atoms with Gasteiger partial charge in [-0.25, -0.2) is 0 Å². The number of nitrogens with one attached hydrogen (secondary N) is 2. The summed E-state index contributed by atoms with van der Waals surface area (Å²) in [5.74, 6) is 0.328. The highest BCUT2D eigenvalue weighted by molar-refractivity contribution is 7.12. The third-order valence-corrected chi connectivity index (χ3v) is 6.50. The van der Waals surface area contributed by atoms with Crippen LogP contribution in [-0.2, 0) is 4.79 Å². The maximum absolute atomic E-state index is 13.0. The lowest BCUT2D eigenvalue weighted by Crippen LogP contribution is -2.54. The number of carbonyl (C=O) groups is 3. The molecule has 7 nitrogen and oxygen atoms in total. The quantitative estimate of drug-likeness (QED) is 0.637. The van der Waals surface area contributed by atoms with Crippen LogP contribution in [0.4, 0.5) is 0 Å². The Balaban J connectivity index is 1.68. The van der Waals surface area contributed by atoms with Crippen molar-refractivity contribution in [3.8, 4) is 5.75 Å². The third kappa shape index (κ3) is 5.88. The normalized spacial score (nSPS) is 15.3. The van der Waals surface area contributed by atoms with Crippen LogP contribution in [0.3, 0.4) is 0 Å². The molecule has 172 valence electrons. The molecule has 2 heterocycles. The van der Waals surface area contributed by atoms with E-state index in [2.05, 4.69) is 10.6 Å². The van der Waals surface area contributed by atoms with E-state index in [1.54, 1.807) is 30.2 Å². The topological polar surface area (TPSA) is 87.7 Å². The lowest BCUT2D eigenvalue weighted by Gasteiger charge is -2.36. The first kappa shape index (κ1) is 23.8. The van der Waals surface area contributed by atoms with Crippen molar-refractivity contribution in [2.24, 2.45) is 11.8 Å². The summed E-state index contributed by atoms with van der Waals surface area (Å²) in [6, 6.07) is 10.1. The fourth-order valence-corrected chi connectivity index (χ4v) is 4.49. The molecule has 3 amide bonds. The number of para-hydroxylation sites is 1. The lowest BCUT2D eigenvalue weighted by atomic mass is 9.88. The van der Waals surface area contributed by atoms with Crippen molar-refractivity contribution >= 4 is 29.1 Å². The number of ether oxygens (including phenoxy) is 1. The van der Waals surface area contributed by atoms with E-state index in [0.717, 1.165) is 0 Å². The van der Waals surface area contributed by atoms with Crippen LogP contribution in [0.1, 0.15) is 46.7 Å². The van der Waals surface area contributed by atoms with E-state index in [1.165, 1.54) is 11.3 Å². The van der Waals surface area contributed by atoms with Crippen LogP contribution in [0.25, 0.3) is 0 Å². The van der Waals surface area contributed by atoms with E-state index < -0.39 is 6.04 Å². The Kier molecular flexibility index (Phi) is 8.27. The Morgan fingerprint density at radius 2 is 1.84 bits per heavy atom. The number of hydrogen-bond acceptors (Lipinski definition) is 5. The van der Waals surface area contributed by atoms with Crippen LogP contribution in [0, 0.1) is 11.8 Å². The molecule has 1 saturated heterocycles. The molecule has 32 heavy (non-hydrogen) atoms. The van der Waals surface area contributed by atoms with E-state index in [4.69, 9.17) is 4.74 Å². The molecule has 0 spiro atoms. The summed E-state index contributed by atoms with van der Waals surface area (Å²) < 4.78 is 5.33. The van der Waals surface area contributed by atoms with Gasteiger partial charge >= 0.3 is 0 Å². The van der Waals surface area contributed by atoms with Crippen LogP contribution in [0.5, 0.6) is 5.75 Å². The number of benzene rings is 1. The highest BCUT2D eigenvalue weighted by atomic mass is 32.1. The van der Waals surface area contributed by atoms with E-state index >= 15 is 0 Å². The van der Waals surface area contributed by atoms with Gasteiger partial charge in [0, 0.05) is 19.6 Å². The van der Waals surface area contributed by atoms with E-state index in [-0.39, 0.29) is 23.6 Å². The zero-order valence-corrected chi connectivity index (χ0v) is 19.6. The molecule has 1 aromatic heterocycles. The maximum Gasteiger partial charge on any atom is 0.262 e. The molecule has 1 aliphatic rings. The zero-order chi connectivity index (χ0) is 23.1. The van der Waals surface area contributed by atoms with Gasteiger partial charge in [0.15, 0.2) is 0 Å². The van der Waals surface area contributed by atoms with E-state index in [1.807, 2.05) is 37.4 Å². The maximum atomic E-state index is 13.0. The SMILES string of the molecule is COc1ccccc1C(=O)N1CCC([C@@H](NC(=O)c2cccs2)C(=O)NCC(C)C)CC1. The number of hydrogen-bond donors (Lipinski definition) is 2. The van der Waals surface area contributed by atoms with Gasteiger partial charge in [0.05, 0.1) is 17.6 Å². The van der Waals surface area contributed by atoms with Crippen LogP contribution in [0.2, 0.25) is 0 Å². The van der Waals surface area contributed by atoms with Gasteiger partial charge in [0.2, 0.25) is 5.91 Å². The van der Waals surface area contributed by atoms with E-state index in [0.29, 0.717) is 54.6 Å². The predicted molar refractivity (Wildman–Crippen MR) is 125 cm³/mol. The molecule has 1 aromatic carbocycles. The highest BCUT2D eigenvalue weighted by Crippen LogP contribution is 2.26. The molecule has 0 saturated carbocycles. The van der Waals surface area contributed by atoms with Crippen LogP contribution in [0.15, 0.2) is 41.8 Å². The van der Waals surface area contributed by atoms with Gasteiger partial charge in [-0.2, -0.15) is 0 Å². The van der Waals surface area contributed by atoms with Crippen molar-refractivity contribution in [2.75, 3.05) is 26.7 Å². The Hall–Kier alpha value is -2.87. The number of amides is 3. The summed E-state index contributed by atoms with van der Waals surface area (Å²) in [4.78, 5) is 41.0. The molecule has 1 fully saturated rings. The molecular formula is C24H31N3O4S. The van der Waals surface area contributed by atoms with Crippen molar-refractivity contribution in [1.29, 1.82) is 0 Å². The minimum atomic E-state index is -0.633. The molecule has 1 aliphatic heterocycles. The first-order valence-corrected chi connectivity index (χ1v) is 11.8. The minimum Gasteiger partial charge on any atom is -0.496 e.